The molecule has 2 aromatic rings. The zero-order valence-corrected chi connectivity index (χ0v) is 17.3. The highest BCUT2D eigenvalue weighted by Gasteiger charge is 2.25. The number of halogens is 1. The monoisotopic (exact) mass is 411 g/mol. The minimum absolute atomic E-state index is 0.0652. The molecule has 0 aromatic heterocycles. The molecule has 6 heteroatoms. The molecule has 0 spiro atoms. The van der Waals surface area contributed by atoms with Crippen molar-refractivity contribution in [2.75, 3.05) is 26.7 Å². The highest BCUT2D eigenvalue weighted by molar-refractivity contribution is 6.31. The molecule has 0 aliphatic carbocycles. The fraction of sp³-hybridized carbons (Fsp3) is 0.304. The Morgan fingerprint density at radius 2 is 1.79 bits per heavy atom. The summed E-state index contributed by atoms with van der Waals surface area (Å²) < 4.78 is 0. The van der Waals surface area contributed by atoms with E-state index in [1.165, 1.54) is 18.9 Å². The topological polar surface area (TPSA) is 61.4 Å². The Kier molecular flexibility index (Phi) is 7.44. The van der Waals surface area contributed by atoms with Crippen molar-refractivity contribution in [1.29, 1.82) is 0 Å². The number of nitrogens with one attached hydrogen (secondary N) is 2. The van der Waals surface area contributed by atoms with Gasteiger partial charge in [-0.1, -0.05) is 41.9 Å². The lowest BCUT2D eigenvalue weighted by Crippen LogP contribution is -2.36. The second-order valence-electron chi connectivity index (χ2n) is 7.06. The Bertz CT molecular complexity index is 874. The van der Waals surface area contributed by atoms with Crippen molar-refractivity contribution in [3.63, 3.8) is 0 Å². The quantitative estimate of drug-likeness (QED) is 0.683. The highest BCUT2D eigenvalue weighted by Crippen LogP contribution is 2.29. The molecule has 1 unspecified atom stereocenters. The first-order valence-electron chi connectivity index (χ1n) is 9.85. The summed E-state index contributed by atoms with van der Waals surface area (Å²) in [6.07, 6.45) is 5.59. The van der Waals surface area contributed by atoms with E-state index in [0.29, 0.717) is 12.1 Å². The third-order valence-corrected chi connectivity index (χ3v) is 5.49. The van der Waals surface area contributed by atoms with Gasteiger partial charge in [-0.3, -0.25) is 14.5 Å². The molecule has 29 heavy (non-hydrogen) atoms. The van der Waals surface area contributed by atoms with Crippen molar-refractivity contribution in [3.8, 4) is 0 Å². The fourth-order valence-electron chi connectivity index (χ4n) is 3.55. The number of hydrogen-bond acceptors (Lipinski definition) is 3. The molecule has 1 aliphatic rings. The van der Waals surface area contributed by atoms with Gasteiger partial charge in [0, 0.05) is 30.3 Å². The molecule has 1 atom stereocenters. The van der Waals surface area contributed by atoms with Crippen molar-refractivity contribution >= 4 is 29.5 Å². The fourth-order valence-corrected chi connectivity index (χ4v) is 3.81. The predicted octanol–water partition coefficient (Wildman–Crippen LogP) is 3.67. The van der Waals surface area contributed by atoms with E-state index in [1.807, 2.05) is 36.4 Å². The smallest absolute Gasteiger partial charge is 0.251 e. The summed E-state index contributed by atoms with van der Waals surface area (Å²) in [4.78, 5) is 26.3. The van der Waals surface area contributed by atoms with Gasteiger partial charge in [0.15, 0.2) is 0 Å². The van der Waals surface area contributed by atoms with Gasteiger partial charge in [-0.15, -0.1) is 0 Å². The van der Waals surface area contributed by atoms with Crippen LogP contribution in [0.15, 0.2) is 54.6 Å². The third kappa shape index (κ3) is 5.68. The molecule has 0 radical (unpaired) electrons. The summed E-state index contributed by atoms with van der Waals surface area (Å²) in [5, 5.41) is 6.32. The lowest BCUT2D eigenvalue weighted by molar-refractivity contribution is -0.116. The van der Waals surface area contributed by atoms with Crippen LogP contribution < -0.4 is 10.6 Å². The summed E-state index contributed by atoms with van der Waals surface area (Å²) >= 11 is 6.42. The predicted molar refractivity (Wildman–Crippen MR) is 117 cm³/mol. The Morgan fingerprint density at radius 3 is 2.45 bits per heavy atom. The normalized spacial score (nSPS) is 15.4. The number of nitrogens with zero attached hydrogens (tertiary/aromatic N) is 1. The molecular weight excluding hydrogens is 386 g/mol. The molecule has 2 aromatic carbocycles. The number of amides is 2. The van der Waals surface area contributed by atoms with Gasteiger partial charge in [0.25, 0.3) is 5.91 Å². The molecule has 2 amide bonds. The van der Waals surface area contributed by atoms with E-state index in [4.69, 9.17) is 11.6 Å². The maximum atomic E-state index is 12.4. The summed E-state index contributed by atoms with van der Waals surface area (Å²) in [6.45, 7) is 2.53. The van der Waals surface area contributed by atoms with E-state index in [-0.39, 0.29) is 17.9 Å². The van der Waals surface area contributed by atoms with Crippen LogP contribution in [0, 0.1) is 0 Å². The van der Waals surface area contributed by atoms with Gasteiger partial charge in [0.1, 0.15) is 0 Å². The number of hydrogen-bond donors (Lipinski definition) is 2. The van der Waals surface area contributed by atoms with Crippen LogP contribution in [0.2, 0.25) is 5.02 Å². The van der Waals surface area contributed by atoms with E-state index >= 15 is 0 Å². The van der Waals surface area contributed by atoms with Crippen LogP contribution in [0.25, 0.3) is 6.08 Å². The van der Waals surface area contributed by atoms with Crippen molar-refractivity contribution < 1.29 is 9.59 Å². The van der Waals surface area contributed by atoms with E-state index in [9.17, 15) is 9.59 Å². The Hall–Kier alpha value is -2.63. The molecule has 3 rings (SSSR count). The first-order valence-corrected chi connectivity index (χ1v) is 10.2. The summed E-state index contributed by atoms with van der Waals surface area (Å²) in [5.41, 5.74) is 2.49. The summed E-state index contributed by atoms with van der Waals surface area (Å²) in [6, 6.07) is 15.0. The van der Waals surface area contributed by atoms with Crippen LogP contribution in [-0.2, 0) is 4.79 Å². The third-order valence-electron chi connectivity index (χ3n) is 5.14. The minimum atomic E-state index is -0.156. The molecule has 1 heterocycles. The van der Waals surface area contributed by atoms with Gasteiger partial charge >= 0.3 is 0 Å². The Balaban J connectivity index is 1.62. The lowest BCUT2D eigenvalue weighted by atomic mass is 10.1. The minimum Gasteiger partial charge on any atom is -0.355 e. The second-order valence-corrected chi connectivity index (χ2v) is 7.47. The number of carbonyl (C=O) groups is 2. The number of benzene rings is 2. The maximum Gasteiger partial charge on any atom is 0.251 e. The summed E-state index contributed by atoms with van der Waals surface area (Å²) in [5.74, 6) is -0.289. The van der Waals surface area contributed by atoms with Crippen molar-refractivity contribution in [2.24, 2.45) is 0 Å². The molecule has 0 saturated carbocycles. The van der Waals surface area contributed by atoms with Gasteiger partial charge in [0.2, 0.25) is 5.91 Å². The first kappa shape index (κ1) is 21.1. The maximum absolute atomic E-state index is 12.4. The van der Waals surface area contributed by atoms with Crippen LogP contribution in [0.3, 0.4) is 0 Å². The van der Waals surface area contributed by atoms with Gasteiger partial charge in [-0.2, -0.15) is 0 Å². The van der Waals surface area contributed by atoms with Crippen LogP contribution in [0.1, 0.15) is 40.4 Å². The van der Waals surface area contributed by atoms with E-state index in [2.05, 4.69) is 15.5 Å². The molecule has 1 fully saturated rings. The molecule has 0 bridgehead atoms. The van der Waals surface area contributed by atoms with Crippen LogP contribution >= 0.6 is 11.6 Å². The van der Waals surface area contributed by atoms with E-state index in [1.54, 1.807) is 25.3 Å². The van der Waals surface area contributed by atoms with E-state index in [0.717, 1.165) is 29.2 Å². The Labute approximate surface area is 176 Å². The van der Waals surface area contributed by atoms with Gasteiger partial charge in [0.05, 0.1) is 6.04 Å². The number of likely N-dealkylation sites (tertiary alicyclic amines) is 1. The molecule has 152 valence electrons. The largest absolute Gasteiger partial charge is 0.355 e. The van der Waals surface area contributed by atoms with Crippen LogP contribution in [0.4, 0.5) is 0 Å². The van der Waals surface area contributed by atoms with Crippen LogP contribution in [0.5, 0.6) is 0 Å². The first-order chi connectivity index (χ1) is 14.1. The number of carbonyl (C=O) groups excluding carboxylic acids is 2. The average molecular weight is 412 g/mol. The molecule has 5 nitrogen and oxygen atoms in total. The lowest BCUT2D eigenvalue weighted by Gasteiger charge is -2.28. The molecule has 2 N–H and O–H groups in total. The van der Waals surface area contributed by atoms with Crippen LogP contribution in [-0.4, -0.2) is 43.4 Å². The molecular formula is C23H26ClN3O2. The van der Waals surface area contributed by atoms with E-state index < -0.39 is 0 Å². The van der Waals surface area contributed by atoms with Gasteiger partial charge in [-0.05, 0) is 61.3 Å². The Morgan fingerprint density at radius 1 is 1.10 bits per heavy atom. The SMILES string of the molecule is CNC(=O)c1ccc(C=CC(=O)NCC(c2ccccc2Cl)N2CCCC2)cc1. The van der Waals surface area contributed by atoms with Crippen molar-refractivity contribution in [1.82, 2.24) is 15.5 Å². The number of rotatable bonds is 7. The molecule has 1 aliphatic heterocycles. The van der Waals surface area contributed by atoms with Gasteiger partial charge < -0.3 is 10.6 Å². The van der Waals surface area contributed by atoms with Crippen molar-refractivity contribution in [3.05, 3.63) is 76.3 Å². The highest BCUT2D eigenvalue weighted by atomic mass is 35.5. The zero-order chi connectivity index (χ0) is 20.6. The second kappa shape index (κ2) is 10.2. The standard InChI is InChI=1S/C23H26ClN3O2/c1-25-23(29)18-11-8-17(9-12-18)10-13-22(28)26-16-21(27-14-4-5-15-27)19-6-2-3-7-20(19)24/h2-3,6-13,21H,4-5,14-16H2,1H3,(H,25,29)(H,26,28). The average Bonchev–Trinajstić information content (AvgIpc) is 3.28. The van der Waals surface area contributed by atoms with Gasteiger partial charge in [-0.25, -0.2) is 0 Å². The molecule has 1 saturated heterocycles. The summed E-state index contributed by atoms with van der Waals surface area (Å²) in [7, 11) is 1.60. The zero-order valence-electron chi connectivity index (χ0n) is 16.5. The van der Waals surface area contributed by atoms with Crippen molar-refractivity contribution in [2.45, 2.75) is 18.9 Å².